The molecule has 0 spiro atoms. The molecule has 0 saturated carbocycles. The van der Waals surface area contributed by atoms with Gasteiger partial charge in [-0.05, 0) is 13.0 Å². The van der Waals surface area contributed by atoms with E-state index in [-0.39, 0.29) is 17.1 Å². The average Bonchev–Trinajstić information content (AvgIpc) is 2.95. The van der Waals surface area contributed by atoms with E-state index in [1.54, 1.807) is 12.5 Å². The Bertz CT molecular complexity index is 424. The van der Waals surface area contributed by atoms with Crippen LogP contribution in [0.3, 0.4) is 0 Å². The molecule has 0 aliphatic rings. The summed E-state index contributed by atoms with van der Waals surface area (Å²) >= 11 is 1.24. The molecule has 118 valence electrons. The maximum Gasteiger partial charge on any atom is 0.216 e. The second kappa shape index (κ2) is 10.4. The molecule has 7 nitrogen and oxygen atoms in total. The van der Waals surface area contributed by atoms with Crippen LogP contribution in [-0.2, 0) is 16.0 Å². The minimum absolute atomic E-state index is 0.0430. The van der Waals surface area contributed by atoms with E-state index < -0.39 is 0 Å². The van der Waals surface area contributed by atoms with Gasteiger partial charge in [0, 0.05) is 44.1 Å². The third kappa shape index (κ3) is 7.84. The average molecular weight is 313 g/mol. The van der Waals surface area contributed by atoms with E-state index in [2.05, 4.69) is 20.6 Å². The van der Waals surface area contributed by atoms with Crippen molar-refractivity contribution >= 4 is 22.8 Å². The normalized spacial score (nSPS) is 12.1. The van der Waals surface area contributed by atoms with Gasteiger partial charge in [0.2, 0.25) is 11.0 Å². The summed E-state index contributed by atoms with van der Waals surface area (Å²) in [5.41, 5.74) is 6.34. The maximum atomic E-state index is 12.1. The van der Waals surface area contributed by atoms with Crippen molar-refractivity contribution in [2.24, 2.45) is 5.73 Å². The van der Waals surface area contributed by atoms with E-state index in [0.29, 0.717) is 31.8 Å². The molecule has 0 saturated heterocycles. The van der Waals surface area contributed by atoms with Crippen LogP contribution in [0.5, 0.6) is 0 Å². The maximum absolute atomic E-state index is 12.1. The molecule has 1 amide bonds. The predicted octanol–water partition coefficient (Wildman–Crippen LogP) is -0.345. The number of imidazole rings is 1. The molecule has 0 fully saturated rings. The molecule has 1 atom stereocenters. The third-order valence-corrected chi connectivity index (χ3v) is 3.75. The molecule has 21 heavy (non-hydrogen) atoms. The molecule has 0 aliphatic heterocycles. The summed E-state index contributed by atoms with van der Waals surface area (Å²) in [5.74, 6) is 0.574. The van der Waals surface area contributed by atoms with Gasteiger partial charge in [0.15, 0.2) is 0 Å². The molecule has 1 aromatic heterocycles. The fourth-order valence-electron chi connectivity index (χ4n) is 1.74. The van der Waals surface area contributed by atoms with Gasteiger partial charge in [0.1, 0.15) is 0 Å². The van der Waals surface area contributed by atoms with E-state index in [1.165, 1.54) is 18.7 Å². The topological polar surface area (TPSA) is 113 Å². The summed E-state index contributed by atoms with van der Waals surface area (Å²) < 4.78 is 0. The molecule has 1 heterocycles. The van der Waals surface area contributed by atoms with Gasteiger partial charge in [-0.1, -0.05) is 11.8 Å². The number of nitrogens with zero attached hydrogens (tertiary/aromatic N) is 1. The van der Waals surface area contributed by atoms with Crippen molar-refractivity contribution in [3.8, 4) is 0 Å². The molecule has 0 radical (unpaired) electrons. The zero-order valence-corrected chi connectivity index (χ0v) is 13.0. The van der Waals surface area contributed by atoms with Gasteiger partial charge in [-0.25, -0.2) is 4.98 Å². The first kappa shape index (κ1) is 17.7. The summed E-state index contributed by atoms with van der Waals surface area (Å²) in [4.78, 5) is 29.9. The number of amides is 1. The molecule has 0 bridgehead atoms. The van der Waals surface area contributed by atoms with Crippen molar-refractivity contribution in [1.82, 2.24) is 20.6 Å². The predicted molar refractivity (Wildman–Crippen MR) is 83.9 cm³/mol. The van der Waals surface area contributed by atoms with Crippen molar-refractivity contribution in [2.45, 2.75) is 25.8 Å². The molecule has 1 rings (SSSR count). The van der Waals surface area contributed by atoms with Crippen LogP contribution in [0, 0.1) is 0 Å². The van der Waals surface area contributed by atoms with Crippen LogP contribution in [0.2, 0.25) is 0 Å². The molecule has 0 aromatic carbocycles. The van der Waals surface area contributed by atoms with E-state index in [9.17, 15) is 9.59 Å². The molecule has 1 aromatic rings. The first-order valence-corrected chi connectivity index (χ1v) is 7.93. The molecule has 5 N–H and O–H groups in total. The number of carbonyl (C=O) groups excluding carboxylic acids is 2. The third-order valence-electron chi connectivity index (χ3n) is 2.74. The van der Waals surface area contributed by atoms with E-state index >= 15 is 0 Å². The van der Waals surface area contributed by atoms with Gasteiger partial charge in [-0.3, -0.25) is 9.59 Å². The van der Waals surface area contributed by atoms with Gasteiger partial charge in [0.05, 0.1) is 12.4 Å². The lowest BCUT2D eigenvalue weighted by Crippen LogP contribution is -2.39. The highest BCUT2D eigenvalue weighted by Crippen LogP contribution is 2.09. The van der Waals surface area contributed by atoms with Crippen molar-refractivity contribution in [3.05, 3.63) is 18.2 Å². The first-order chi connectivity index (χ1) is 10.1. The van der Waals surface area contributed by atoms with E-state index in [0.717, 1.165) is 12.1 Å². The fourth-order valence-corrected chi connectivity index (χ4v) is 2.43. The highest BCUT2D eigenvalue weighted by atomic mass is 32.2. The van der Waals surface area contributed by atoms with Crippen LogP contribution in [0.1, 0.15) is 19.0 Å². The Balaban J connectivity index is 2.39. The lowest BCUT2D eigenvalue weighted by Gasteiger charge is -2.16. The Morgan fingerprint density at radius 1 is 1.48 bits per heavy atom. The van der Waals surface area contributed by atoms with Gasteiger partial charge in [-0.15, -0.1) is 0 Å². The number of nitrogens with two attached hydrogens (primary N) is 1. The monoisotopic (exact) mass is 313 g/mol. The number of aromatic amines is 1. The number of hydrogen-bond acceptors (Lipinski definition) is 6. The lowest BCUT2D eigenvalue weighted by molar-refractivity contribution is -0.119. The van der Waals surface area contributed by atoms with Gasteiger partial charge < -0.3 is 21.4 Å². The SMILES string of the molecule is CC(=O)NCCCN[C@@H](Cc1cnc[nH]1)C(=O)SCCN. The molecular formula is C13H23N5O2S. The minimum Gasteiger partial charge on any atom is -0.356 e. The number of hydrogen-bond donors (Lipinski definition) is 4. The number of H-pyrrole nitrogens is 1. The summed E-state index contributed by atoms with van der Waals surface area (Å²) in [5, 5.41) is 6.04. The highest BCUT2D eigenvalue weighted by Gasteiger charge is 2.19. The zero-order valence-electron chi connectivity index (χ0n) is 12.2. The Hall–Kier alpha value is -1.38. The summed E-state index contributed by atoms with van der Waals surface area (Å²) in [6.45, 7) is 3.23. The summed E-state index contributed by atoms with van der Waals surface area (Å²) in [6.07, 6.45) is 4.65. The standard InChI is InChI=1S/C13H23N5O2S/c1-10(19)16-4-2-5-17-12(13(20)21-6-3-14)7-11-8-15-9-18-11/h8-9,12,17H,2-7,14H2,1H3,(H,15,18)(H,16,19)/t12-/m0/s1. The van der Waals surface area contributed by atoms with Gasteiger partial charge in [-0.2, -0.15) is 0 Å². The summed E-state index contributed by atoms with van der Waals surface area (Å²) in [7, 11) is 0. The Kier molecular flexibility index (Phi) is 8.72. The Morgan fingerprint density at radius 2 is 2.29 bits per heavy atom. The quantitative estimate of drug-likeness (QED) is 0.439. The van der Waals surface area contributed by atoms with Crippen molar-refractivity contribution in [3.63, 3.8) is 0 Å². The summed E-state index contributed by atoms with van der Waals surface area (Å²) in [6, 6.07) is -0.278. The number of aromatic nitrogens is 2. The van der Waals surface area contributed by atoms with Crippen LogP contribution < -0.4 is 16.4 Å². The fraction of sp³-hybridized carbons (Fsp3) is 0.615. The smallest absolute Gasteiger partial charge is 0.216 e. The van der Waals surface area contributed by atoms with Gasteiger partial charge >= 0.3 is 0 Å². The van der Waals surface area contributed by atoms with Crippen LogP contribution in [-0.4, -0.2) is 52.4 Å². The van der Waals surface area contributed by atoms with E-state index in [1.807, 2.05) is 0 Å². The van der Waals surface area contributed by atoms with Crippen molar-refractivity contribution in [1.29, 1.82) is 0 Å². The second-order valence-corrected chi connectivity index (χ2v) is 5.68. The Labute approximate surface area is 128 Å². The first-order valence-electron chi connectivity index (χ1n) is 6.95. The highest BCUT2D eigenvalue weighted by molar-refractivity contribution is 8.13. The molecule has 0 unspecified atom stereocenters. The molecular weight excluding hydrogens is 290 g/mol. The number of rotatable bonds is 10. The molecule has 0 aliphatic carbocycles. The Morgan fingerprint density at radius 3 is 2.90 bits per heavy atom. The van der Waals surface area contributed by atoms with Gasteiger partial charge in [0.25, 0.3) is 0 Å². The van der Waals surface area contributed by atoms with E-state index in [4.69, 9.17) is 5.73 Å². The lowest BCUT2D eigenvalue weighted by atomic mass is 10.2. The minimum atomic E-state index is -0.278. The van der Waals surface area contributed by atoms with Crippen LogP contribution >= 0.6 is 11.8 Å². The van der Waals surface area contributed by atoms with Crippen LogP contribution in [0.15, 0.2) is 12.5 Å². The molecule has 8 heteroatoms. The van der Waals surface area contributed by atoms with Crippen LogP contribution in [0.25, 0.3) is 0 Å². The largest absolute Gasteiger partial charge is 0.356 e. The number of carbonyl (C=O) groups is 2. The number of nitrogens with one attached hydrogen (secondary N) is 3. The zero-order chi connectivity index (χ0) is 15.5. The van der Waals surface area contributed by atoms with Crippen molar-refractivity contribution < 1.29 is 9.59 Å². The number of thioether (sulfide) groups is 1. The second-order valence-electron chi connectivity index (χ2n) is 4.58. The van der Waals surface area contributed by atoms with Crippen molar-refractivity contribution in [2.75, 3.05) is 25.4 Å². The van der Waals surface area contributed by atoms with Crippen LogP contribution in [0.4, 0.5) is 0 Å².